The van der Waals surface area contributed by atoms with Crippen molar-refractivity contribution in [1.29, 1.82) is 0 Å². The Bertz CT molecular complexity index is 1050. The summed E-state index contributed by atoms with van der Waals surface area (Å²) in [5, 5.41) is 2.72. The molecule has 0 saturated carbocycles. The van der Waals surface area contributed by atoms with Gasteiger partial charge < -0.3 is 10.2 Å². The number of para-hydroxylation sites is 1. The van der Waals surface area contributed by atoms with Crippen molar-refractivity contribution in [3.05, 3.63) is 59.7 Å². The first-order valence-electron chi connectivity index (χ1n) is 9.69. The van der Waals surface area contributed by atoms with Crippen LogP contribution in [0.3, 0.4) is 0 Å². The van der Waals surface area contributed by atoms with E-state index >= 15 is 0 Å². The largest absolute Gasteiger partial charge is 0.353 e. The zero-order valence-electron chi connectivity index (χ0n) is 16.2. The van der Waals surface area contributed by atoms with Crippen LogP contribution in [0.15, 0.2) is 53.4 Å². The van der Waals surface area contributed by atoms with Gasteiger partial charge in [0.05, 0.1) is 10.6 Å². The molecule has 7 nitrogen and oxygen atoms in total. The number of carbonyl (C=O) groups excluding carboxylic acids is 2. The third-order valence-electron chi connectivity index (χ3n) is 5.52. The SMILES string of the molecule is CC1C(=O)NCCN1C(=O)c1ccc(S(=O)(=O)N2CCCc3ccccc32)cc1. The highest BCUT2D eigenvalue weighted by Crippen LogP contribution is 2.31. The van der Waals surface area contributed by atoms with Crippen molar-refractivity contribution in [2.45, 2.75) is 30.7 Å². The average Bonchev–Trinajstić information content (AvgIpc) is 2.75. The summed E-state index contributed by atoms with van der Waals surface area (Å²) in [7, 11) is -3.72. The second-order valence-electron chi connectivity index (χ2n) is 7.30. The standard InChI is InChI=1S/C21H23N3O4S/c1-15-20(25)22-12-14-23(15)21(26)17-8-10-18(11-9-17)29(27,28)24-13-4-6-16-5-2-3-7-19(16)24/h2-3,5,7-11,15H,4,6,12-14H2,1H3,(H,22,25). The quantitative estimate of drug-likeness (QED) is 0.831. The molecule has 2 amide bonds. The van der Waals surface area contributed by atoms with E-state index in [9.17, 15) is 18.0 Å². The van der Waals surface area contributed by atoms with Crippen LogP contribution >= 0.6 is 0 Å². The Kier molecular flexibility index (Phi) is 5.04. The number of nitrogens with one attached hydrogen (secondary N) is 1. The summed E-state index contributed by atoms with van der Waals surface area (Å²) in [6.45, 7) is 2.95. The molecule has 0 aliphatic carbocycles. The molecule has 2 aliphatic rings. The number of fused-ring (bicyclic) bond motifs is 1. The lowest BCUT2D eigenvalue weighted by Crippen LogP contribution is -2.55. The van der Waals surface area contributed by atoms with Gasteiger partial charge in [-0.25, -0.2) is 8.42 Å². The van der Waals surface area contributed by atoms with E-state index in [1.807, 2.05) is 24.3 Å². The van der Waals surface area contributed by atoms with Gasteiger partial charge in [-0.2, -0.15) is 0 Å². The molecule has 0 bridgehead atoms. The van der Waals surface area contributed by atoms with Crippen LogP contribution in [0.5, 0.6) is 0 Å². The summed E-state index contributed by atoms with van der Waals surface area (Å²) >= 11 is 0. The Morgan fingerprint density at radius 3 is 2.55 bits per heavy atom. The molecule has 2 aromatic rings. The first kappa shape index (κ1) is 19.4. The second-order valence-corrected chi connectivity index (χ2v) is 9.16. The fraction of sp³-hybridized carbons (Fsp3) is 0.333. The lowest BCUT2D eigenvalue weighted by atomic mass is 10.0. The third kappa shape index (κ3) is 3.48. The van der Waals surface area contributed by atoms with Crippen molar-refractivity contribution in [3.8, 4) is 0 Å². The van der Waals surface area contributed by atoms with E-state index in [4.69, 9.17) is 0 Å². The first-order chi connectivity index (χ1) is 13.9. The molecule has 2 aromatic carbocycles. The number of anilines is 1. The van der Waals surface area contributed by atoms with Crippen LogP contribution < -0.4 is 9.62 Å². The van der Waals surface area contributed by atoms with Crippen LogP contribution in [0, 0.1) is 0 Å². The highest BCUT2D eigenvalue weighted by atomic mass is 32.2. The number of rotatable bonds is 3. The van der Waals surface area contributed by atoms with E-state index in [2.05, 4.69) is 5.32 Å². The van der Waals surface area contributed by atoms with Gasteiger partial charge in [-0.05, 0) is 55.7 Å². The third-order valence-corrected chi connectivity index (χ3v) is 7.34. The molecule has 2 aliphatic heterocycles. The number of carbonyl (C=O) groups is 2. The fourth-order valence-electron chi connectivity index (χ4n) is 3.87. The summed E-state index contributed by atoms with van der Waals surface area (Å²) in [5.74, 6) is -0.466. The van der Waals surface area contributed by atoms with Gasteiger partial charge in [-0.15, -0.1) is 0 Å². The number of hydrogen-bond acceptors (Lipinski definition) is 4. The van der Waals surface area contributed by atoms with Crippen molar-refractivity contribution in [2.24, 2.45) is 0 Å². The van der Waals surface area contributed by atoms with Crippen LogP contribution in [-0.2, 0) is 21.2 Å². The van der Waals surface area contributed by atoms with Gasteiger partial charge in [0.2, 0.25) is 5.91 Å². The van der Waals surface area contributed by atoms with Crippen LogP contribution in [0.1, 0.15) is 29.3 Å². The number of aryl methyl sites for hydroxylation is 1. The zero-order chi connectivity index (χ0) is 20.6. The minimum Gasteiger partial charge on any atom is -0.353 e. The Balaban J connectivity index is 1.59. The monoisotopic (exact) mass is 413 g/mol. The molecule has 152 valence electrons. The van der Waals surface area contributed by atoms with Crippen molar-refractivity contribution in [1.82, 2.24) is 10.2 Å². The molecule has 1 fully saturated rings. The molecule has 29 heavy (non-hydrogen) atoms. The number of amides is 2. The number of sulfonamides is 1. The number of nitrogens with zero attached hydrogens (tertiary/aromatic N) is 2. The molecule has 8 heteroatoms. The van der Waals surface area contributed by atoms with Crippen LogP contribution in [-0.4, -0.2) is 50.8 Å². The molecule has 2 heterocycles. The van der Waals surface area contributed by atoms with Crippen molar-refractivity contribution < 1.29 is 18.0 Å². The van der Waals surface area contributed by atoms with Crippen molar-refractivity contribution in [3.63, 3.8) is 0 Å². The predicted molar refractivity (Wildman–Crippen MR) is 109 cm³/mol. The van der Waals surface area contributed by atoms with E-state index in [1.54, 1.807) is 6.92 Å². The summed E-state index contributed by atoms with van der Waals surface area (Å²) in [4.78, 5) is 26.2. The number of benzene rings is 2. The van der Waals surface area contributed by atoms with Gasteiger partial charge in [0.15, 0.2) is 0 Å². The van der Waals surface area contributed by atoms with Crippen LogP contribution in [0.2, 0.25) is 0 Å². The minimum absolute atomic E-state index is 0.148. The van der Waals surface area contributed by atoms with Crippen LogP contribution in [0.4, 0.5) is 5.69 Å². The summed E-state index contributed by atoms with van der Waals surface area (Å²) in [5.41, 5.74) is 2.10. The Morgan fingerprint density at radius 1 is 1.07 bits per heavy atom. The Labute approximate surface area is 170 Å². The van der Waals surface area contributed by atoms with Gasteiger partial charge >= 0.3 is 0 Å². The Morgan fingerprint density at radius 2 is 1.79 bits per heavy atom. The van der Waals surface area contributed by atoms with Gasteiger partial charge in [0, 0.05) is 25.2 Å². The molecule has 1 saturated heterocycles. The lowest BCUT2D eigenvalue weighted by Gasteiger charge is -2.33. The summed E-state index contributed by atoms with van der Waals surface area (Å²) < 4.78 is 27.9. The van der Waals surface area contributed by atoms with E-state index in [1.165, 1.54) is 33.5 Å². The van der Waals surface area contributed by atoms with E-state index in [0.29, 0.717) is 30.9 Å². The second kappa shape index (κ2) is 7.51. The smallest absolute Gasteiger partial charge is 0.264 e. The van der Waals surface area contributed by atoms with Gasteiger partial charge in [-0.1, -0.05) is 18.2 Å². The van der Waals surface area contributed by atoms with Gasteiger partial charge in [0.25, 0.3) is 15.9 Å². The molecule has 1 atom stereocenters. The van der Waals surface area contributed by atoms with E-state index < -0.39 is 16.1 Å². The highest BCUT2D eigenvalue weighted by molar-refractivity contribution is 7.92. The maximum absolute atomic E-state index is 13.2. The molecule has 0 radical (unpaired) electrons. The molecule has 4 rings (SSSR count). The van der Waals surface area contributed by atoms with E-state index in [0.717, 1.165) is 18.4 Å². The highest BCUT2D eigenvalue weighted by Gasteiger charge is 2.31. The Hall–Kier alpha value is -2.87. The maximum Gasteiger partial charge on any atom is 0.264 e. The zero-order valence-corrected chi connectivity index (χ0v) is 17.0. The average molecular weight is 413 g/mol. The van der Waals surface area contributed by atoms with Gasteiger partial charge in [0.1, 0.15) is 6.04 Å². The molecule has 0 spiro atoms. The van der Waals surface area contributed by atoms with E-state index in [-0.39, 0.29) is 16.7 Å². The maximum atomic E-state index is 13.2. The van der Waals surface area contributed by atoms with Gasteiger partial charge in [-0.3, -0.25) is 13.9 Å². The molecular formula is C21H23N3O4S. The number of piperazine rings is 1. The first-order valence-corrected chi connectivity index (χ1v) is 11.1. The predicted octanol–water partition coefficient (Wildman–Crippen LogP) is 1.79. The molecule has 0 aromatic heterocycles. The summed E-state index contributed by atoms with van der Waals surface area (Å²) in [6.07, 6.45) is 1.62. The van der Waals surface area contributed by atoms with Crippen LogP contribution in [0.25, 0.3) is 0 Å². The normalized spacial score (nSPS) is 19.5. The lowest BCUT2D eigenvalue weighted by molar-refractivity contribution is -0.127. The summed E-state index contributed by atoms with van der Waals surface area (Å²) in [6, 6.07) is 12.9. The fourth-order valence-corrected chi connectivity index (χ4v) is 5.41. The van der Waals surface area contributed by atoms with Crippen molar-refractivity contribution in [2.75, 3.05) is 23.9 Å². The molecule has 1 unspecified atom stereocenters. The molecule has 1 N–H and O–H groups in total. The number of hydrogen-bond donors (Lipinski definition) is 1. The molecular weight excluding hydrogens is 390 g/mol. The minimum atomic E-state index is -3.72. The topological polar surface area (TPSA) is 86.8 Å². The van der Waals surface area contributed by atoms with Crippen molar-refractivity contribution >= 4 is 27.5 Å².